The van der Waals surface area contributed by atoms with Crippen LogP contribution in [0.5, 0.6) is 0 Å². The minimum Gasteiger partial charge on any atom is -0.383 e. The van der Waals surface area contributed by atoms with Crippen molar-refractivity contribution in [1.82, 2.24) is 24.6 Å². The van der Waals surface area contributed by atoms with Crippen LogP contribution in [-0.4, -0.2) is 50.4 Å². The van der Waals surface area contributed by atoms with Crippen LogP contribution in [0.1, 0.15) is 37.1 Å². The molecule has 1 saturated carbocycles. The molecule has 2 heterocycles. The van der Waals surface area contributed by atoms with E-state index in [0.717, 1.165) is 23.6 Å². The molecule has 1 amide bonds. The lowest BCUT2D eigenvalue weighted by molar-refractivity contribution is -0.141. The molecular formula is C18H19F3N6O2. The molecule has 1 N–H and O–H groups in total. The number of hydrogen-bond donors (Lipinski definition) is 1. The topological polar surface area (TPSA) is 93.0 Å². The first-order valence-corrected chi connectivity index (χ1v) is 8.76. The Hall–Kier alpha value is -3.24. The van der Waals surface area contributed by atoms with Gasteiger partial charge < -0.3 is 10.2 Å². The largest absolute Gasteiger partial charge is 0.435 e. The van der Waals surface area contributed by atoms with Crippen LogP contribution in [-0.2, 0) is 15.8 Å². The van der Waals surface area contributed by atoms with Crippen LogP contribution in [0.3, 0.4) is 0 Å². The number of anilines is 1. The van der Waals surface area contributed by atoms with Crippen molar-refractivity contribution in [2.45, 2.75) is 31.9 Å². The summed E-state index contributed by atoms with van der Waals surface area (Å²) in [5.41, 5.74) is -0.458. The zero-order chi connectivity index (χ0) is 21.3. The molecule has 1 aliphatic carbocycles. The van der Waals surface area contributed by atoms with Gasteiger partial charge in [0, 0.05) is 26.2 Å². The summed E-state index contributed by atoms with van der Waals surface area (Å²) in [4.78, 5) is 33.5. The van der Waals surface area contributed by atoms with Crippen molar-refractivity contribution in [3.63, 3.8) is 0 Å². The van der Waals surface area contributed by atoms with Crippen molar-refractivity contribution < 1.29 is 22.8 Å². The van der Waals surface area contributed by atoms with E-state index in [1.54, 1.807) is 19.0 Å². The first-order valence-electron chi connectivity index (χ1n) is 8.76. The quantitative estimate of drug-likeness (QED) is 0.449. The van der Waals surface area contributed by atoms with Gasteiger partial charge in [0.1, 0.15) is 0 Å². The van der Waals surface area contributed by atoms with Gasteiger partial charge in [-0.05, 0) is 25.8 Å². The minimum absolute atomic E-state index is 0.00382. The second-order valence-electron chi connectivity index (χ2n) is 6.93. The molecule has 0 atom stereocenters. The molecule has 29 heavy (non-hydrogen) atoms. The van der Waals surface area contributed by atoms with E-state index in [4.69, 9.17) is 0 Å². The van der Waals surface area contributed by atoms with Gasteiger partial charge in [0.15, 0.2) is 11.5 Å². The third-order valence-corrected chi connectivity index (χ3v) is 4.12. The lowest BCUT2D eigenvalue weighted by Gasteiger charge is -2.10. The summed E-state index contributed by atoms with van der Waals surface area (Å²) in [5.74, 6) is -1.09. The Balaban J connectivity index is 1.83. The van der Waals surface area contributed by atoms with Crippen molar-refractivity contribution in [3.05, 3.63) is 41.6 Å². The number of ketones is 1. The summed E-state index contributed by atoms with van der Waals surface area (Å²) in [6.07, 6.45) is 0.882. The molecule has 0 spiro atoms. The zero-order valence-electron chi connectivity index (χ0n) is 16.0. The van der Waals surface area contributed by atoms with Crippen molar-refractivity contribution in [1.29, 1.82) is 0 Å². The minimum atomic E-state index is -4.56. The number of hydrogen-bond acceptors (Lipinski definition) is 6. The maximum Gasteiger partial charge on any atom is 0.435 e. The summed E-state index contributed by atoms with van der Waals surface area (Å²) in [6.45, 7) is 1.27. The average Bonchev–Trinajstić information content (AvgIpc) is 3.37. The van der Waals surface area contributed by atoms with E-state index in [9.17, 15) is 22.8 Å². The van der Waals surface area contributed by atoms with E-state index < -0.39 is 23.6 Å². The molecule has 0 saturated heterocycles. The summed E-state index contributed by atoms with van der Waals surface area (Å²) in [6, 6.07) is 1.02. The highest BCUT2D eigenvalue weighted by Gasteiger charge is 2.38. The highest BCUT2D eigenvalue weighted by molar-refractivity contribution is 6.22. The Morgan fingerprint density at radius 1 is 1.24 bits per heavy atom. The molecule has 8 nitrogen and oxygen atoms in total. The summed E-state index contributed by atoms with van der Waals surface area (Å²) in [5, 5.41) is 6.10. The van der Waals surface area contributed by atoms with Crippen LogP contribution >= 0.6 is 0 Å². The molecule has 0 aliphatic heterocycles. The first kappa shape index (κ1) is 20.5. The van der Waals surface area contributed by atoms with Crippen LogP contribution in [0.25, 0.3) is 5.95 Å². The van der Waals surface area contributed by atoms with Crippen LogP contribution < -0.4 is 5.32 Å². The van der Waals surface area contributed by atoms with Crippen molar-refractivity contribution >= 4 is 17.4 Å². The number of amides is 1. The van der Waals surface area contributed by atoms with Crippen molar-refractivity contribution in [2.75, 3.05) is 19.4 Å². The van der Waals surface area contributed by atoms with Gasteiger partial charge in [-0.15, -0.1) is 0 Å². The predicted molar refractivity (Wildman–Crippen MR) is 97.2 cm³/mol. The highest BCUT2D eigenvalue weighted by atomic mass is 19.4. The van der Waals surface area contributed by atoms with Crippen LogP contribution in [0, 0.1) is 0 Å². The lowest BCUT2D eigenvalue weighted by atomic mass is 10.2. The summed E-state index contributed by atoms with van der Waals surface area (Å²) in [7, 11) is 3.34. The fourth-order valence-corrected chi connectivity index (χ4v) is 2.63. The second-order valence-corrected chi connectivity index (χ2v) is 6.93. The Morgan fingerprint density at radius 2 is 1.86 bits per heavy atom. The smallest absolute Gasteiger partial charge is 0.383 e. The monoisotopic (exact) mass is 408 g/mol. The maximum atomic E-state index is 13.0. The lowest BCUT2D eigenvalue weighted by Crippen LogP contribution is -2.21. The Bertz CT molecular complexity index is 959. The SMILES string of the molecule is CC(=O)C(=CN(C)C)C(=O)Nc1cnc(-n2nc(C(F)(F)F)cc2C2CC2)nc1. The number of rotatable bonds is 6. The molecule has 0 radical (unpaired) electrons. The van der Waals surface area contributed by atoms with Gasteiger partial charge in [-0.25, -0.2) is 14.6 Å². The molecule has 2 aromatic heterocycles. The average molecular weight is 408 g/mol. The summed E-state index contributed by atoms with van der Waals surface area (Å²) < 4.78 is 40.1. The van der Waals surface area contributed by atoms with Crippen LogP contribution in [0.4, 0.5) is 18.9 Å². The molecule has 0 aromatic carbocycles. The number of aromatic nitrogens is 4. The van der Waals surface area contributed by atoms with Crippen LogP contribution in [0.15, 0.2) is 30.2 Å². The van der Waals surface area contributed by atoms with Gasteiger partial charge in [-0.2, -0.15) is 18.3 Å². The standard InChI is InChI=1S/C18H19F3N6O2/c1-10(28)13(9-26(2)3)16(29)24-12-7-22-17(23-8-12)27-14(11-4-5-11)6-15(25-27)18(19,20)21/h6-9,11H,4-5H2,1-3H3,(H,24,29). The Kier molecular flexibility index (Phi) is 5.40. The van der Waals surface area contributed by atoms with Gasteiger partial charge in [0.05, 0.1) is 29.3 Å². The van der Waals surface area contributed by atoms with Crippen LogP contribution in [0.2, 0.25) is 0 Å². The molecule has 0 bridgehead atoms. The van der Waals surface area contributed by atoms with Gasteiger partial charge in [-0.1, -0.05) is 0 Å². The zero-order valence-corrected chi connectivity index (χ0v) is 16.0. The molecule has 0 unspecified atom stereocenters. The number of Topliss-reactive ketones (excluding diaryl/α,β-unsaturated/α-hetero) is 1. The van der Waals surface area contributed by atoms with E-state index in [1.165, 1.54) is 25.5 Å². The fraction of sp³-hybridized carbons (Fsp3) is 0.389. The van der Waals surface area contributed by atoms with Gasteiger partial charge in [0.2, 0.25) is 0 Å². The third-order valence-electron chi connectivity index (χ3n) is 4.12. The normalized spacial score (nSPS) is 14.6. The number of nitrogens with one attached hydrogen (secondary N) is 1. The van der Waals surface area contributed by atoms with Crippen molar-refractivity contribution in [2.24, 2.45) is 0 Å². The van der Waals surface area contributed by atoms with E-state index in [-0.39, 0.29) is 23.1 Å². The second kappa shape index (κ2) is 7.64. The molecular weight excluding hydrogens is 389 g/mol. The third kappa shape index (κ3) is 4.79. The molecule has 154 valence electrons. The Labute approximate surface area is 164 Å². The number of halogens is 3. The molecule has 1 fully saturated rings. The number of alkyl halides is 3. The predicted octanol–water partition coefficient (Wildman–Crippen LogP) is 2.53. The molecule has 2 aromatic rings. The summed E-state index contributed by atoms with van der Waals surface area (Å²) >= 11 is 0. The molecule has 11 heteroatoms. The first-order chi connectivity index (χ1) is 13.6. The van der Waals surface area contributed by atoms with Gasteiger partial charge in [0.25, 0.3) is 11.9 Å². The molecule has 1 aliphatic rings. The molecule has 3 rings (SSSR count). The number of nitrogens with zero attached hydrogens (tertiary/aromatic N) is 5. The van der Waals surface area contributed by atoms with E-state index >= 15 is 0 Å². The van der Waals surface area contributed by atoms with Crippen molar-refractivity contribution in [3.8, 4) is 5.95 Å². The number of carbonyl (C=O) groups excluding carboxylic acids is 2. The van der Waals surface area contributed by atoms with E-state index in [0.29, 0.717) is 5.69 Å². The maximum absolute atomic E-state index is 13.0. The Morgan fingerprint density at radius 3 is 2.34 bits per heavy atom. The fourth-order valence-electron chi connectivity index (χ4n) is 2.63. The number of carbonyl (C=O) groups is 2. The van der Waals surface area contributed by atoms with E-state index in [2.05, 4.69) is 20.4 Å². The highest BCUT2D eigenvalue weighted by Crippen LogP contribution is 2.42. The van der Waals surface area contributed by atoms with Gasteiger partial charge in [-0.3, -0.25) is 9.59 Å². The van der Waals surface area contributed by atoms with E-state index in [1.807, 2.05) is 0 Å². The van der Waals surface area contributed by atoms with Gasteiger partial charge >= 0.3 is 6.18 Å².